The fourth-order valence-electron chi connectivity index (χ4n) is 2.46. The summed E-state index contributed by atoms with van der Waals surface area (Å²) in [6.07, 6.45) is 0. The SMILES string of the molecule is COC(=O)c1cc(=O)n(Cc2ccc(F)cc2)c(=Nc2ccc(C(=O)O)cc2)s1. The number of carboxylic acids is 1. The van der Waals surface area contributed by atoms with Crippen molar-refractivity contribution in [1.82, 2.24) is 4.57 Å². The maximum Gasteiger partial charge on any atom is 0.348 e. The number of halogens is 1. The molecule has 0 saturated carbocycles. The molecular formula is C20H15FN2O5S. The van der Waals surface area contributed by atoms with E-state index in [1.165, 1.54) is 48.1 Å². The van der Waals surface area contributed by atoms with E-state index in [4.69, 9.17) is 5.11 Å². The van der Waals surface area contributed by atoms with Crippen molar-refractivity contribution in [3.8, 4) is 0 Å². The first-order chi connectivity index (χ1) is 13.9. The highest BCUT2D eigenvalue weighted by atomic mass is 32.1. The Balaban J connectivity index is 2.13. The number of hydrogen-bond donors (Lipinski definition) is 1. The summed E-state index contributed by atoms with van der Waals surface area (Å²) in [5.74, 6) is -2.13. The molecule has 3 aromatic rings. The predicted molar refractivity (Wildman–Crippen MR) is 104 cm³/mol. The lowest BCUT2D eigenvalue weighted by Crippen LogP contribution is -2.33. The van der Waals surface area contributed by atoms with Crippen LogP contribution in [0.4, 0.5) is 10.1 Å². The summed E-state index contributed by atoms with van der Waals surface area (Å²) < 4.78 is 19.2. The summed E-state index contributed by atoms with van der Waals surface area (Å²) in [5, 5.41) is 9.00. The van der Waals surface area contributed by atoms with Crippen LogP contribution in [0.2, 0.25) is 0 Å². The molecule has 0 amide bonds. The number of hydrogen-bond acceptors (Lipinski definition) is 6. The number of aromatic carboxylic acids is 1. The maximum absolute atomic E-state index is 13.2. The van der Waals surface area contributed by atoms with Crippen LogP contribution in [0.3, 0.4) is 0 Å². The summed E-state index contributed by atoms with van der Waals surface area (Å²) in [5.41, 5.74) is 0.693. The molecule has 148 valence electrons. The first-order valence-corrected chi connectivity index (χ1v) is 9.15. The number of nitrogens with zero attached hydrogens (tertiary/aromatic N) is 2. The van der Waals surface area contributed by atoms with Crippen molar-refractivity contribution in [3.63, 3.8) is 0 Å². The molecule has 0 saturated heterocycles. The zero-order valence-corrected chi connectivity index (χ0v) is 16.0. The number of benzene rings is 2. The van der Waals surface area contributed by atoms with Crippen LogP contribution in [0.15, 0.2) is 64.4 Å². The highest BCUT2D eigenvalue weighted by Gasteiger charge is 2.12. The summed E-state index contributed by atoms with van der Waals surface area (Å²) in [6.45, 7) is 0.114. The van der Waals surface area contributed by atoms with Gasteiger partial charge >= 0.3 is 11.9 Å². The van der Waals surface area contributed by atoms with Gasteiger partial charge in [0.25, 0.3) is 5.56 Å². The molecule has 0 aliphatic heterocycles. The number of ether oxygens (including phenoxy) is 1. The topological polar surface area (TPSA) is 98.0 Å². The normalized spacial score (nSPS) is 11.3. The molecule has 0 aliphatic carbocycles. The molecule has 0 atom stereocenters. The Morgan fingerprint density at radius 3 is 2.38 bits per heavy atom. The summed E-state index contributed by atoms with van der Waals surface area (Å²) in [7, 11) is 1.21. The Morgan fingerprint density at radius 2 is 1.79 bits per heavy atom. The largest absolute Gasteiger partial charge is 0.478 e. The number of rotatable bonds is 5. The van der Waals surface area contributed by atoms with Gasteiger partial charge in [0.2, 0.25) is 0 Å². The smallest absolute Gasteiger partial charge is 0.348 e. The number of carbonyl (C=O) groups is 2. The van der Waals surface area contributed by atoms with Gasteiger partial charge in [0.15, 0.2) is 4.80 Å². The van der Waals surface area contributed by atoms with E-state index in [0.29, 0.717) is 11.3 Å². The van der Waals surface area contributed by atoms with Gasteiger partial charge in [-0.05, 0) is 42.0 Å². The minimum Gasteiger partial charge on any atom is -0.478 e. The van der Waals surface area contributed by atoms with E-state index in [9.17, 15) is 18.8 Å². The highest BCUT2D eigenvalue weighted by Crippen LogP contribution is 2.13. The van der Waals surface area contributed by atoms with Crippen LogP contribution in [0.5, 0.6) is 0 Å². The van der Waals surface area contributed by atoms with Crippen molar-refractivity contribution in [3.05, 3.63) is 91.6 Å². The molecule has 9 heteroatoms. The third kappa shape index (κ3) is 4.82. The van der Waals surface area contributed by atoms with Crippen molar-refractivity contribution in [2.75, 3.05) is 7.11 Å². The van der Waals surface area contributed by atoms with E-state index in [1.54, 1.807) is 12.1 Å². The van der Waals surface area contributed by atoms with Crippen molar-refractivity contribution in [2.45, 2.75) is 6.54 Å². The average Bonchev–Trinajstić information content (AvgIpc) is 2.71. The van der Waals surface area contributed by atoms with Crippen molar-refractivity contribution >= 4 is 29.0 Å². The molecule has 0 aliphatic rings. The third-order valence-electron chi connectivity index (χ3n) is 3.93. The summed E-state index contributed by atoms with van der Waals surface area (Å²) in [4.78, 5) is 40.2. The molecular weight excluding hydrogens is 399 g/mol. The Bertz CT molecular complexity index is 1180. The Hall–Kier alpha value is -3.59. The molecule has 0 unspecified atom stereocenters. The van der Waals surface area contributed by atoms with E-state index < -0.39 is 23.3 Å². The van der Waals surface area contributed by atoms with Gasteiger partial charge in [0, 0.05) is 6.07 Å². The second-order valence-electron chi connectivity index (χ2n) is 5.90. The van der Waals surface area contributed by atoms with E-state index in [-0.39, 0.29) is 21.8 Å². The molecule has 0 spiro atoms. The second kappa shape index (κ2) is 8.61. The zero-order valence-electron chi connectivity index (χ0n) is 15.2. The van der Waals surface area contributed by atoms with Crippen LogP contribution >= 0.6 is 11.3 Å². The molecule has 0 radical (unpaired) electrons. The Morgan fingerprint density at radius 1 is 1.14 bits per heavy atom. The fraction of sp³-hybridized carbons (Fsp3) is 0.100. The second-order valence-corrected chi connectivity index (χ2v) is 6.91. The number of aromatic nitrogens is 1. The number of carboxylic acid groups (broad SMARTS) is 1. The van der Waals surface area contributed by atoms with Crippen LogP contribution in [0.25, 0.3) is 0 Å². The van der Waals surface area contributed by atoms with Gasteiger partial charge in [0.05, 0.1) is 24.9 Å². The molecule has 2 aromatic carbocycles. The predicted octanol–water partition coefficient (Wildman–Crippen LogP) is 2.81. The monoisotopic (exact) mass is 414 g/mol. The summed E-state index contributed by atoms with van der Waals surface area (Å²) >= 11 is 0.955. The Labute approximate surface area is 168 Å². The van der Waals surface area contributed by atoms with Crippen molar-refractivity contribution < 1.29 is 23.8 Å². The minimum absolute atomic E-state index is 0.0776. The van der Waals surface area contributed by atoms with Gasteiger partial charge in [0.1, 0.15) is 10.7 Å². The first-order valence-electron chi connectivity index (χ1n) is 8.33. The van der Waals surface area contributed by atoms with Gasteiger partial charge in [-0.2, -0.15) is 0 Å². The van der Waals surface area contributed by atoms with Crippen molar-refractivity contribution in [1.29, 1.82) is 0 Å². The van der Waals surface area contributed by atoms with Gasteiger partial charge in [-0.3, -0.25) is 9.36 Å². The lowest BCUT2D eigenvalue weighted by Gasteiger charge is -2.08. The van der Waals surface area contributed by atoms with E-state index in [1.807, 2.05) is 0 Å². The molecule has 3 rings (SSSR count). The molecule has 0 bridgehead atoms. The average molecular weight is 414 g/mol. The van der Waals surface area contributed by atoms with E-state index >= 15 is 0 Å². The molecule has 7 nitrogen and oxygen atoms in total. The fourth-order valence-corrected chi connectivity index (χ4v) is 3.40. The minimum atomic E-state index is -1.07. The van der Waals surface area contributed by atoms with Crippen LogP contribution in [-0.2, 0) is 11.3 Å². The zero-order chi connectivity index (χ0) is 21.0. The quantitative estimate of drug-likeness (QED) is 0.648. The van der Waals surface area contributed by atoms with Gasteiger partial charge < -0.3 is 9.84 Å². The molecule has 0 fully saturated rings. The first kappa shape index (κ1) is 20.2. The van der Waals surface area contributed by atoms with Gasteiger partial charge in [-0.1, -0.05) is 23.5 Å². The van der Waals surface area contributed by atoms with Gasteiger partial charge in [-0.25, -0.2) is 19.0 Å². The Kier molecular flexibility index (Phi) is 5.99. The third-order valence-corrected chi connectivity index (χ3v) is 4.93. The highest BCUT2D eigenvalue weighted by molar-refractivity contribution is 7.11. The van der Waals surface area contributed by atoms with Crippen LogP contribution < -0.4 is 10.4 Å². The lowest BCUT2D eigenvalue weighted by atomic mass is 10.2. The number of carbonyl (C=O) groups excluding carboxylic acids is 1. The van der Waals surface area contributed by atoms with Crippen molar-refractivity contribution in [2.24, 2.45) is 4.99 Å². The molecule has 1 aromatic heterocycles. The van der Waals surface area contributed by atoms with E-state index in [0.717, 1.165) is 17.4 Å². The van der Waals surface area contributed by atoms with Crippen LogP contribution in [-0.4, -0.2) is 28.7 Å². The number of methoxy groups -OCH3 is 1. The van der Waals surface area contributed by atoms with Gasteiger partial charge in [-0.15, -0.1) is 0 Å². The van der Waals surface area contributed by atoms with Crippen LogP contribution in [0.1, 0.15) is 25.6 Å². The summed E-state index contributed by atoms with van der Waals surface area (Å²) in [6, 6.07) is 12.6. The lowest BCUT2D eigenvalue weighted by molar-refractivity contribution is 0.0604. The van der Waals surface area contributed by atoms with Crippen LogP contribution in [0, 0.1) is 5.82 Å². The maximum atomic E-state index is 13.2. The molecule has 1 heterocycles. The standard InChI is InChI=1S/C20H15FN2O5S/c1-28-19(27)16-10-17(24)23(11-12-2-6-14(21)7-3-12)20(29-16)22-15-8-4-13(5-9-15)18(25)26/h2-10H,11H2,1H3,(H,25,26). The van der Waals surface area contributed by atoms with E-state index in [2.05, 4.69) is 9.73 Å². The molecule has 29 heavy (non-hydrogen) atoms. The number of esters is 1. The molecule has 1 N–H and O–H groups in total.